The number of hydrogen-bond donors (Lipinski definition) is 1. The van der Waals surface area contributed by atoms with Crippen molar-refractivity contribution in [2.45, 2.75) is 46.0 Å². The lowest BCUT2D eigenvalue weighted by molar-refractivity contribution is 0.0896. The summed E-state index contributed by atoms with van der Waals surface area (Å²) in [4.78, 5) is 29.2. The Morgan fingerprint density at radius 2 is 1.57 bits per heavy atom. The van der Waals surface area contributed by atoms with Crippen LogP contribution in [0.25, 0.3) is 22.0 Å². The lowest BCUT2D eigenvalue weighted by atomic mass is 10.00. The molecule has 5 rings (SSSR count). The molecule has 4 aromatic rings. The highest BCUT2D eigenvalue weighted by atomic mass is 19.1. The molecule has 1 N–H and O–H groups in total. The monoisotopic (exact) mass is 501 g/mol. The van der Waals surface area contributed by atoms with Gasteiger partial charge in [0.2, 0.25) is 0 Å². The van der Waals surface area contributed by atoms with Crippen molar-refractivity contribution in [1.82, 2.24) is 14.0 Å². The summed E-state index contributed by atoms with van der Waals surface area (Å²) < 4.78 is 16.2. The third kappa shape index (κ3) is 5.29. The lowest BCUT2D eigenvalue weighted by Gasteiger charge is -2.30. The minimum Gasteiger partial charge on any atom is -0.390 e. The summed E-state index contributed by atoms with van der Waals surface area (Å²) in [5.74, 6) is -0.147. The quantitative estimate of drug-likeness (QED) is 0.415. The van der Waals surface area contributed by atoms with Gasteiger partial charge in [0.1, 0.15) is 5.82 Å². The number of hydrogen-bond acceptors (Lipinski definition) is 4. The molecule has 3 aromatic carbocycles. The number of β-amino-alcohol motifs (C(OH)–C–C–N with tert-alkyl or cyclic N) is 1. The van der Waals surface area contributed by atoms with Crippen LogP contribution in [0.15, 0.2) is 76.3 Å². The van der Waals surface area contributed by atoms with Crippen molar-refractivity contribution < 1.29 is 9.50 Å². The van der Waals surface area contributed by atoms with Crippen LogP contribution in [-0.4, -0.2) is 38.3 Å². The summed E-state index contributed by atoms with van der Waals surface area (Å²) in [6.07, 6.45) is 0.0347. The Morgan fingerprint density at radius 3 is 2.30 bits per heavy atom. The number of aliphatic hydroxyl groups excluding tert-OH is 1. The van der Waals surface area contributed by atoms with E-state index in [2.05, 4.69) is 17.0 Å². The van der Waals surface area contributed by atoms with E-state index in [4.69, 9.17) is 0 Å². The molecule has 0 saturated carbocycles. The Balaban J connectivity index is 1.48. The van der Waals surface area contributed by atoms with E-state index in [0.717, 1.165) is 30.6 Å². The second-order valence-electron chi connectivity index (χ2n) is 10.3. The number of rotatable bonds is 7. The highest BCUT2D eigenvalue weighted by molar-refractivity contribution is 5.84. The van der Waals surface area contributed by atoms with Gasteiger partial charge >= 0.3 is 5.69 Å². The second-order valence-corrected chi connectivity index (χ2v) is 10.3. The molecule has 1 aliphatic rings. The van der Waals surface area contributed by atoms with Crippen molar-refractivity contribution in [2.75, 3.05) is 13.1 Å². The van der Waals surface area contributed by atoms with Gasteiger partial charge in [-0.15, -0.1) is 0 Å². The molecule has 37 heavy (non-hydrogen) atoms. The molecule has 0 amide bonds. The summed E-state index contributed by atoms with van der Waals surface area (Å²) in [6, 6.07) is 19.8. The zero-order valence-corrected chi connectivity index (χ0v) is 21.2. The first kappa shape index (κ1) is 25.1. The largest absolute Gasteiger partial charge is 0.390 e. The number of fused-ring (bicyclic) bond motifs is 2. The predicted octanol–water partition coefficient (Wildman–Crippen LogP) is 4.04. The fourth-order valence-electron chi connectivity index (χ4n) is 5.22. The van der Waals surface area contributed by atoms with Crippen molar-refractivity contribution in [1.29, 1.82) is 0 Å². The topological polar surface area (TPSA) is 67.5 Å². The molecule has 0 radical (unpaired) electrons. The van der Waals surface area contributed by atoms with E-state index in [-0.39, 0.29) is 18.3 Å². The average Bonchev–Trinajstić information content (AvgIpc) is 2.89. The maximum atomic E-state index is 13.6. The van der Waals surface area contributed by atoms with Crippen LogP contribution in [0.1, 0.15) is 25.0 Å². The van der Waals surface area contributed by atoms with Gasteiger partial charge in [0.05, 0.1) is 23.6 Å². The number of aromatic nitrogens is 2. The normalized spacial score (nSPS) is 14.7. The smallest absolute Gasteiger partial charge is 0.331 e. The van der Waals surface area contributed by atoms with E-state index in [9.17, 15) is 19.1 Å². The van der Waals surface area contributed by atoms with E-state index < -0.39 is 17.4 Å². The minimum absolute atomic E-state index is 0.0787. The van der Waals surface area contributed by atoms with Crippen molar-refractivity contribution in [3.63, 3.8) is 0 Å². The Morgan fingerprint density at radius 1 is 0.865 bits per heavy atom. The van der Waals surface area contributed by atoms with Crippen LogP contribution < -0.4 is 11.2 Å². The zero-order chi connectivity index (χ0) is 26.1. The van der Waals surface area contributed by atoms with E-state index in [1.165, 1.54) is 27.8 Å². The molecule has 192 valence electrons. The number of halogens is 1. The molecule has 1 aliphatic heterocycles. The van der Waals surface area contributed by atoms with E-state index in [0.29, 0.717) is 24.0 Å². The van der Waals surface area contributed by atoms with Crippen LogP contribution in [0.3, 0.4) is 0 Å². The molecule has 0 aliphatic carbocycles. The molecule has 7 heteroatoms. The number of benzene rings is 3. The summed E-state index contributed by atoms with van der Waals surface area (Å²) in [6.45, 7) is 6.33. The van der Waals surface area contributed by atoms with Crippen LogP contribution in [-0.2, 0) is 26.1 Å². The predicted molar refractivity (Wildman–Crippen MR) is 144 cm³/mol. The third-order valence-corrected chi connectivity index (χ3v) is 7.02. The zero-order valence-electron chi connectivity index (χ0n) is 21.2. The van der Waals surface area contributed by atoms with Gasteiger partial charge in [0.15, 0.2) is 0 Å². The number of aliphatic hydroxyl groups is 1. The van der Waals surface area contributed by atoms with Gasteiger partial charge in [-0.1, -0.05) is 56.3 Å². The fraction of sp³-hybridized carbons (Fsp3) is 0.333. The molecule has 0 spiro atoms. The van der Waals surface area contributed by atoms with Gasteiger partial charge in [0, 0.05) is 26.2 Å². The molecule has 0 fully saturated rings. The SMILES string of the molecule is CC(C)Cn1c(=O)n(CC(O)CN2CCc3ccccc3C2)c(=O)c2cc(-c3ccc(F)cc3)ccc21. The molecule has 0 bridgehead atoms. The van der Waals surface area contributed by atoms with Crippen molar-refractivity contribution in [3.8, 4) is 11.1 Å². The minimum atomic E-state index is -0.874. The third-order valence-electron chi connectivity index (χ3n) is 7.02. The van der Waals surface area contributed by atoms with Crippen LogP contribution in [0.2, 0.25) is 0 Å². The van der Waals surface area contributed by atoms with Gasteiger partial charge < -0.3 is 5.11 Å². The highest BCUT2D eigenvalue weighted by Gasteiger charge is 2.21. The first-order valence-electron chi connectivity index (χ1n) is 12.8. The molecular formula is C30H32FN3O3. The molecule has 1 atom stereocenters. The Labute approximate surface area is 215 Å². The lowest BCUT2D eigenvalue weighted by Crippen LogP contribution is -2.45. The van der Waals surface area contributed by atoms with Crippen LogP contribution >= 0.6 is 0 Å². The van der Waals surface area contributed by atoms with Crippen LogP contribution in [0.4, 0.5) is 4.39 Å². The molecule has 0 saturated heterocycles. The Bertz CT molecular complexity index is 1540. The molecule has 1 aromatic heterocycles. The van der Waals surface area contributed by atoms with Gasteiger partial charge in [-0.25, -0.2) is 9.18 Å². The van der Waals surface area contributed by atoms with Crippen molar-refractivity contribution >= 4 is 10.9 Å². The van der Waals surface area contributed by atoms with Crippen molar-refractivity contribution in [3.05, 3.63) is 105 Å². The van der Waals surface area contributed by atoms with Gasteiger partial charge in [-0.05, 0) is 58.9 Å². The Hall–Kier alpha value is -3.55. The van der Waals surface area contributed by atoms with Crippen LogP contribution in [0, 0.1) is 11.7 Å². The second kappa shape index (κ2) is 10.4. The molecule has 6 nitrogen and oxygen atoms in total. The summed E-state index contributed by atoms with van der Waals surface area (Å²) in [5, 5.41) is 11.4. The van der Waals surface area contributed by atoms with Gasteiger partial charge in [-0.3, -0.25) is 18.8 Å². The standard InChI is InChI=1S/C30H32FN3O3/c1-20(2)16-33-28-12-9-23(22-7-10-25(31)11-8-22)15-27(28)29(36)34(30(33)37)19-26(35)18-32-14-13-21-5-3-4-6-24(21)17-32/h3-12,15,20,26,35H,13-14,16-19H2,1-2H3. The molecular weight excluding hydrogens is 469 g/mol. The maximum absolute atomic E-state index is 13.6. The van der Waals surface area contributed by atoms with E-state index in [1.54, 1.807) is 28.8 Å². The summed E-state index contributed by atoms with van der Waals surface area (Å²) in [5.41, 5.74) is 3.84. The molecule has 1 unspecified atom stereocenters. The highest BCUT2D eigenvalue weighted by Crippen LogP contribution is 2.23. The first-order valence-corrected chi connectivity index (χ1v) is 12.8. The van der Waals surface area contributed by atoms with Crippen LogP contribution in [0.5, 0.6) is 0 Å². The van der Waals surface area contributed by atoms with Gasteiger partial charge in [0.25, 0.3) is 5.56 Å². The van der Waals surface area contributed by atoms with E-state index in [1.807, 2.05) is 32.0 Å². The first-order chi connectivity index (χ1) is 17.8. The summed E-state index contributed by atoms with van der Waals surface area (Å²) in [7, 11) is 0. The van der Waals surface area contributed by atoms with Gasteiger partial charge in [-0.2, -0.15) is 0 Å². The number of nitrogens with zero attached hydrogens (tertiary/aromatic N) is 3. The maximum Gasteiger partial charge on any atom is 0.331 e. The molecule has 2 heterocycles. The fourth-order valence-corrected chi connectivity index (χ4v) is 5.22. The van der Waals surface area contributed by atoms with Crippen molar-refractivity contribution in [2.24, 2.45) is 5.92 Å². The average molecular weight is 502 g/mol. The van der Waals surface area contributed by atoms with E-state index >= 15 is 0 Å². The Kier molecular flexibility index (Phi) is 7.09. The summed E-state index contributed by atoms with van der Waals surface area (Å²) >= 11 is 0.